The summed E-state index contributed by atoms with van der Waals surface area (Å²) in [6.45, 7) is 9.48. The molecule has 0 fully saturated rings. The van der Waals surface area contributed by atoms with Gasteiger partial charge in [0.05, 0.1) is 26.4 Å². The molecule has 0 aromatic rings. The number of hydrogen-bond donors (Lipinski definition) is 3. The van der Waals surface area contributed by atoms with Gasteiger partial charge in [0, 0.05) is 25.7 Å². The first-order valence-electron chi connectivity index (χ1n) is 36.0. The quantitative estimate of drug-likeness (QED) is 0.0222. The van der Waals surface area contributed by atoms with Crippen molar-refractivity contribution in [1.29, 1.82) is 0 Å². The Labute approximate surface area is 537 Å². The fourth-order valence-corrected chi connectivity index (χ4v) is 12.0. The second-order valence-electron chi connectivity index (χ2n) is 25.6. The van der Waals surface area contributed by atoms with Crippen LogP contribution < -0.4 is 0 Å². The minimum absolute atomic E-state index is 0.105. The maximum Gasteiger partial charge on any atom is 0.472 e. The molecule has 0 spiro atoms. The Kier molecular flexibility index (Phi) is 59.9. The average Bonchev–Trinajstić information content (AvgIpc) is 3.71. The molecular weight excluding hydrogens is 1160 g/mol. The summed E-state index contributed by atoms with van der Waals surface area (Å²) in [4.78, 5) is 72.4. The Bertz CT molecular complexity index is 1720. The normalized spacial score (nSPS) is 14.5. The molecule has 88 heavy (non-hydrogen) atoms. The number of carbonyl (C=O) groups excluding carboxylic acids is 4. The Hall–Kier alpha value is -1.94. The second kappa shape index (κ2) is 61.3. The van der Waals surface area contributed by atoms with E-state index in [1.807, 2.05) is 0 Å². The van der Waals surface area contributed by atoms with Gasteiger partial charge in [-0.3, -0.25) is 37.3 Å². The van der Waals surface area contributed by atoms with Gasteiger partial charge in [-0.15, -0.1) is 0 Å². The molecule has 0 saturated carbocycles. The van der Waals surface area contributed by atoms with Crippen molar-refractivity contribution in [2.75, 3.05) is 39.6 Å². The molecule has 0 aromatic carbocycles. The minimum Gasteiger partial charge on any atom is -0.462 e. The standard InChI is InChI=1S/C69H134O17P2/c1-7-10-12-14-16-17-18-19-20-21-22-23-24-27-35-41-47-53-68(73)85-65(58-80-67(72)52-46-40-34-28-25-26-32-37-43-49-61(4)5)60-84-88(77,78)82-56-63(70)55-81-87(75,76)83-59-64(57-79-66(71)51-45-39-31-15-13-11-8-2)86-69(74)54-48-42-36-30-29-33-38-44-50-62(6)9-3/h61-65,70H,7-60H2,1-6H3,(H,75,76)(H,77,78)/t62?,63-,64+,65+/m0/s1. The number of esters is 4. The van der Waals surface area contributed by atoms with Gasteiger partial charge in [-0.25, -0.2) is 9.13 Å². The zero-order valence-corrected chi connectivity index (χ0v) is 58.8. The minimum atomic E-state index is -4.95. The van der Waals surface area contributed by atoms with Gasteiger partial charge >= 0.3 is 39.5 Å². The summed E-state index contributed by atoms with van der Waals surface area (Å²) >= 11 is 0. The number of aliphatic hydroxyl groups excluding tert-OH is 1. The van der Waals surface area contributed by atoms with Gasteiger partial charge in [0.1, 0.15) is 19.3 Å². The average molecular weight is 1300 g/mol. The number of carbonyl (C=O) groups is 4. The molecule has 0 saturated heterocycles. The van der Waals surface area contributed by atoms with Crippen LogP contribution in [-0.4, -0.2) is 96.7 Å². The molecule has 0 heterocycles. The van der Waals surface area contributed by atoms with E-state index in [0.29, 0.717) is 25.7 Å². The lowest BCUT2D eigenvalue weighted by molar-refractivity contribution is -0.161. The largest absolute Gasteiger partial charge is 0.472 e. The molecule has 19 heteroatoms. The lowest BCUT2D eigenvalue weighted by Gasteiger charge is -2.21. The van der Waals surface area contributed by atoms with E-state index in [1.54, 1.807) is 0 Å². The van der Waals surface area contributed by atoms with Gasteiger partial charge in [-0.2, -0.15) is 0 Å². The van der Waals surface area contributed by atoms with E-state index in [1.165, 1.54) is 154 Å². The van der Waals surface area contributed by atoms with Gasteiger partial charge in [0.15, 0.2) is 12.2 Å². The molecule has 6 atom stereocenters. The lowest BCUT2D eigenvalue weighted by Crippen LogP contribution is -2.30. The van der Waals surface area contributed by atoms with E-state index in [-0.39, 0.29) is 25.7 Å². The van der Waals surface area contributed by atoms with Crippen LogP contribution in [0.15, 0.2) is 0 Å². The summed E-state index contributed by atoms with van der Waals surface area (Å²) in [7, 11) is -9.89. The Morgan fingerprint density at radius 1 is 0.330 bits per heavy atom. The van der Waals surface area contributed by atoms with Crippen molar-refractivity contribution in [3.05, 3.63) is 0 Å². The van der Waals surface area contributed by atoms with Gasteiger partial charge in [0.25, 0.3) is 0 Å². The Morgan fingerprint density at radius 3 is 0.864 bits per heavy atom. The highest BCUT2D eigenvalue weighted by Crippen LogP contribution is 2.45. The van der Waals surface area contributed by atoms with Crippen molar-refractivity contribution in [2.24, 2.45) is 11.8 Å². The molecule has 3 N–H and O–H groups in total. The van der Waals surface area contributed by atoms with Crippen LogP contribution in [0, 0.1) is 11.8 Å². The molecule has 0 aliphatic rings. The Morgan fingerprint density at radius 2 is 0.580 bits per heavy atom. The van der Waals surface area contributed by atoms with Crippen molar-refractivity contribution in [3.8, 4) is 0 Å². The highest BCUT2D eigenvalue weighted by molar-refractivity contribution is 7.47. The molecule has 522 valence electrons. The van der Waals surface area contributed by atoms with Gasteiger partial charge in [-0.1, -0.05) is 298 Å². The highest BCUT2D eigenvalue weighted by Gasteiger charge is 2.30. The molecular formula is C69H134O17P2. The van der Waals surface area contributed by atoms with Crippen molar-refractivity contribution in [1.82, 2.24) is 0 Å². The van der Waals surface area contributed by atoms with E-state index < -0.39 is 97.5 Å². The third kappa shape index (κ3) is 61.6. The van der Waals surface area contributed by atoms with Crippen LogP contribution in [0.5, 0.6) is 0 Å². The fraction of sp³-hybridized carbons (Fsp3) is 0.942. The predicted octanol–water partition coefficient (Wildman–Crippen LogP) is 19.6. The van der Waals surface area contributed by atoms with Gasteiger partial charge in [-0.05, 0) is 37.5 Å². The molecule has 3 unspecified atom stereocenters. The van der Waals surface area contributed by atoms with Crippen LogP contribution in [0.2, 0.25) is 0 Å². The summed E-state index contributed by atoms with van der Waals surface area (Å²) in [6, 6.07) is 0. The zero-order chi connectivity index (χ0) is 65.0. The van der Waals surface area contributed by atoms with Crippen LogP contribution in [0.4, 0.5) is 0 Å². The van der Waals surface area contributed by atoms with Crippen LogP contribution in [0.3, 0.4) is 0 Å². The number of hydrogen-bond acceptors (Lipinski definition) is 15. The number of unbranched alkanes of at least 4 members (excludes halogenated alkanes) is 37. The van der Waals surface area contributed by atoms with E-state index in [4.69, 9.17) is 37.0 Å². The summed E-state index contributed by atoms with van der Waals surface area (Å²) in [6.07, 6.45) is 45.9. The SMILES string of the molecule is CCCCCCCCCCCCCCCCCCCC(=O)O[C@H](COC(=O)CCCCCCCCCCCC(C)C)COP(=O)(O)OC[C@@H](O)COP(=O)(O)OC[C@@H](COC(=O)CCCCCCCCC)OC(=O)CCCCCCCCCCC(C)CC. The molecule has 0 rings (SSSR count). The third-order valence-electron chi connectivity index (χ3n) is 16.3. The summed E-state index contributed by atoms with van der Waals surface area (Å²) in [5.74, 6) is -0.617. The number of aliphatic hydroxyl groups is 1. The molecule has 0 aliphatic heterocycles. The summed E-state index contributed by atoms with van der Waals surface area (Å²) < 4.78 is 68.1. The maximum absolute atomic E-state index is 13.0. The first kappa shape index (κ1) is 86.1. The molecule has 0 bridgehead atoms. The predicted molar refractivity (Wildman–Crippen MR) is 354 cm³/mol. The fourth-order valence-electron chi connectivity index (χ4n) is 10.4. The van der Waals surface area contributed by atoms with Crippen molar-refractivity contribution < 1.29 is 80.2 Å². The first-order chi connectivity index (χ1) is 42.4. The van der Waals surface area contributed by atoms with Crippen LogP contribution in [-0.2, 0) is 65.4 Å². The monoisotopic (exact) mass is 1300 g/mol. The molecule has 0 amide bonds. The molecule has 17 nitrogen and oxygen atoms in total. The smallest absolute Gasteiger partial charge is 0.462 e. The lowest BCUT2D eigenvalue weighted by atomic mass is 9.99. The highest BCUT2D eigenvalue weighted by atomic mass is 31.2. The third-order valence-corrected chi connectivity index (χ3v) is 18.2. The van der Waals surface area contributed by atoms with Crippen LogP contribution in [0.25, 0.3) is 0 Å². The van der Waals surface area contributed by atoms with Crippen molar-refractivity contribution in [2.45, 2.75) is 368 Å². The topological polar surface area (TPSA) is 237 Å². The van der Waals surface area contributed by atoms with E-state index in [2.05, 4.69) is 41.5 Å². The summed E-state index contributed by atoms with van der Waals surface area (Å²) in [5.41, 5.74) is 0. The molecule has 0 aliphatic carbocycles. The number of rotatable bonds is 68. The Balaban J connectivity index is 5.20. The molecule has 0 aromatic heterocycles. The van der Waals surface area contributed by atoms with Gasteiger partial charge < -0.3 is 33.8 Å². The van der Waals surface area contributed by atoms with E-state index >= 15 is 0 Å². The van der Waals surface area contributed by atoms with Crippen LogP contribution in [0.1, 0.15) is 350 Å². The molecule has 0 radical (unpaired) electrons. The van der Waals surface area contributed by atoms with Crippen molar-refractivity contribution in [3.63, 3.8) is 0 Å². The van der Waals surface area contributed by atoms with Crippen molar-refractivity contribution >= 4 is 39.5 Å². The van der Waals surface area contributed by atoms with Gasteiger partial charge in [0.2, 0.25) is 0 Å². The number of phosphoric acid groups is 2. The van der Waals surface area contributed by atoms with Crippen LogP contribution >= 0.6 is 15.6 Å². The number of phosphoric ester groups is 2. The summed E-state index contributed by atoms with van der Waals surface area (Å²) in [5, 5.41) is 10.6. The van der Waals surface area contributed by atoms with E-state index in [9.17, 15) is 43.2 Å². The first-order valence-corrected chi connectivity index (χ1v) is 39.0. The maximum atomic E-state index is 13.0. The number of ether oxygens (including phenoxy) is 4. The zero-order valence-electron chi connectivity index (χ0n) is 57.0. The second-order valence-corrected chi connectivity index (χ2v) is 28.5. The van der Waals surface area contributed by atoms with E-state index in [0.717, 1.165) is 115 Å².